The van der Waals surface area contributed by atoms with Crippen molar-refractivity contribution in [2.45, 2.75) is 31.7 Å². The van der Waals surface area contributed by atoms with Gasteiger partial charge in [-0.3, -0.25) is 14.5 Å². The van der Waals surface area contributed by atoms with E-state index in [-0.39, 0.29) is 11.8 Å². The Balaban J connectivity index is 1.15. The molecule has 2 atom stereocenters. The standard InChI is InChI=1S/C30H35N3O3/c34-29(33-16-18-36-19-17-33)24-8-5-9-25(21-24)31-12-14-32(15-13-31)30(35)28-26-10-3-1-6-22(26)20-23-7-2-4-11-27(23)28/h1-4,6-7,10-11,20,24-25H,5,8-9,12-19,21H2/t24-,25+/m1/s1. The molecule has 0 spiro atoms. The summed E-state index contributed by atoms with van der Waals surface area (Å²) >= 11 is 0. The maximum Gasteiger partial charge on any atom is 0.255 e. The molecule has 3 fully saturated rings. The molecule has 36 heavy (non-hydrogen) atoms. The largest absolute Gasteiger partial charge is 0.378 e. The van der Waals surface area contributed by atoms with Gasteiger partial charge >= 0.3 is 0 Å². The minimum Gasteiger partial charge on any atom is -0.378 e. The van der Waals surface area contributed by atoms with Crippen molar-refractivity contribution in [1.29, 1.82) is 0 Å². The van der Waals surface area contributed by atoms with Gasteiger partial charge in [0.2, 0.25) is 5.91 Å². The fraction of sp³-hybridized carbons (Fsp3) is 0.467. The lowest BCUT2D eigenvalue weighted by Crippen LogP contribution is -2.54. The van der Waals surface area contributed by atoms with Crippen LogP contribution in [0, 0.1) is 5.92 Å². The Kier molecular flexibility index (Phi) is 6.63. The molecule has 6 nitrogen and oxygen atoms in total. The topological polar surface area (TPSA) is 53.1 Å². The number of carbonyl (C=O) groups excluding carboxylic acids is 2. The average molecular weight is 486 g/mol. The van der Waals surface area contributed by atoms with Crippen LogP contribution in [0.4, 0.5) is 0 Å². The highest BCUT2D eigenvalue weighted by molar-refractivity contribution is 6.18. The summed E-state index contributed by atoms with van der Waals surface area (Å²) in [6.45, 7) is 5.97. The lowest BCUT2D eigenvalue weighted by molar-refractivity contribution is -0.141. The van der Waals surface area contributed by atoms with Gasteiger partial charge in [0.1, 0.15) is 0 Å². The summed E-state index contributed by atoms with van der Waals surface area (Å²) in [6, 6.07) is 19.0. The predicted octanol–water partition coefficient (Wildman–Crippen LogP) is 4.17. The molecule has 6 rings (SSSR count). The summed E-state index contributed by atoms with van der Waals surface area (Å²) in [6.07, 6.45) is 4.19. The van der Waals surface area contributed by atoms with E-state index in [4.69, 9.17) is 4.74 Å². The third-order valence-electron chi connectivity index (χ3n) is 8.42. The summed E-state index contributed by atoms with van der Waals surface area (Å²) in [4.78, 5) is 33.5. The second-order valence-corrected chi connectivity index (χ2v) is 10.5. The van der Waals surface area contributed by atoms with Crippen molar-refractivity contribution in [3.63, 3.8) is 0 Å². The maximum absolute atomic E-state index is 13.9. The fourth-order valence-electron chi connectivity index (χ4n) is 6.45. The fourth-order valence-corrected chi connectivity index (χ4v) is 6.45. The van der Waals surface area contributed by atoms with Crippen molar-refractivity contribution in [3.8, 4) is 0 Å². The summed E-state index contributed by atoms with van der Waals surface area (Å²) in [7, 11) is 0. The summed E-state index contributed by atoms with van der Waals surface area (Å²) in [5.41, 5.74) is 0.825. The van der Waals surface area contributed by atoms with Crippen LogP contribution in [0.15, 0.2) is 54.6 Å². The second-order valence-electron chi connectivity index (χ2n) is 10.5. The molecule has 188 valence electrons. The Morgan fingerprint density at radius 1 is 0.750 bits per heavy atom. The number of amides is 2. The molecule has 1 saturated carbocycles. The Bertz CT molecular complexity index is 1210. The van der Waals surface area contributed by atoms with Gasteiger partial charge in [-0.15, -0.1) is 0 Å². The van der Waals surface area contributed by atoms with E-state index >= 15 is 0 Å². The zero-order chi connectivity index (χ0) is 24.5. The molecule has 3 aromatic carbocycles. The number of morpholine rings is 1. The van der Waals surface area contributed by atoms with E-state index in [1.165, 1.54) is 0 Å². The number of hydrogen-bond acceptors (Lipinski definition) is 4. The van der Waals surface area contributed by atoms with Crippen LogP contribution in [0.2, 0.25) is 0 Å². The molecule has 2 amide bonds. The molecular formula is C30H35N3O3. The van der Waals surface area contributed by atoms with Crippen molar-refractivity contribution in [3.05, 3.63) is 60.2 Å². The first kappa shape index (κ1) is 23.4. The number of rotatable bonds is 3. The van der Waals surface area contributed by atoms with Crippen molar-refractivity contribution in [2.24, 2.45) is 5.92 Å². The van der Waals surface area contributed by atoms with Crippen molar-refractivity contribution in [2.75, 3.05) is 52.5 Å². The van der Waals surface area contributed by atoms with Gasteiger partial charge in [0.25, 0.3) is 5.91 Å². The highest BCUT2D eigenvalue weighted by Crippen LogP contribution is 2.32. The number of nitrogens with zero attached hydrogens (tertiary/aromatic N) is 3. The van der Waals surface area contributed by atoms with Crippen LogP contribution >= 0.6 is 0 Å². The average Bonchev–Trinajstić information content (AvgIpc) is 2.96. The number of ether oxygens (including phenoxy) is 1. The highest BCUT2D eigenvalue weighted by atomic mass is 16.5. The molecule has 2 heterocycles. The SMILES string of the molecule is O=C(c1c2ccccc2cc2ccccc12)N1CCN([C@H]2CCC[C@@H](C(=O)N3CCOCC3)C2)CC1. The molecule has 0 unspecified atom stereocenters. The molecule has 2 saturated heterocycles. The molecule has 0 aromatic heterocycles. The molecule has 1 aliphatic carbocycles. The van der Waals surface area contributed by atoms with Crippen LogP contribution in [0.5, 0.6) is 0 Å². The number of benzene rings is 3. The first-order valence-electron chi connectivity index (χ1n) is 13.5. The number of fused-ring (bicyclic) bond motifs is 2. The zero-order valence-electron chi connectivity index (χ0n) is 20.9. The van der Waals surface area contributed by atoms with E-state index in [2.05, 4.69) is 35.2 Å². The van der Waals surface area contributed by atoms with E-state index < -0.39 is 0 Å². The minimum absolute atomic E-state index is 0.128. The summed E-state index contributed by atoms with van der Waals surface area (Å²) in [5, 5.41) is 4.27. The second kappa shape index (κ2) is 10.2. The van der Waals surface area contributed by atoms with Gasteiger partial charge in [0, 0.05) is 51.2 Å². The predicted molar refractivity (Wildman–Crippen MR) is 142 cm³/mol. The lowest BCUT2D eigenvalue weighted by Gasteiger charge is -2.43. The van der Waals surface area contributed by atoms with Gasteiger partial charge in [0.15, 0.2) is 0 Å². The van der Waals surface area contributed by atoms with Crippen molar-refractivity contribution >= 4 is 33.4 Å². The molecule has 0 N–H and O–H groups in total. The molecule has 0 bridgehead atoms. The molecule has 6 heteroatoms. The third-order valence-corrected chi connectivity index (χ3v) is 8.42. The van der Waals surface area contributed by atoms with Gasteiger partial charge in [-0.25, -0.2) is 0 Å². The minimum atomic E-state index is 0.128. The zero-order valence-corrected chi connectivity index (χ0v) is 20.9. The van der Waals surface area contributed by atoms with Gasteiger partial charge in [-0.05, 0) is 46.9 Å². The van der Waals surface area contributed by atoms with Gasteiger partial charge in [-0.2, -0.15) is 0 Å². The van der Waals surface area contributed by atoms with Crippen LogP contribution in [-0.4, -0.2) is 85.0 Å². The van der Waals surface area contributed by atoms with E-state index in [1.807, 2.05) is 34.1 Å². The molecule has 0 radical (unpaired) electrons. The van der Waals surface area contributed by atoms with Crippen LogP contribution in [0.25, 0.3) is 21.5 Å². The van der Waals surface area contributed by atoms with E-state index in [9.17, 15) is 9.59 Å². The first-order valence-corrected chi connectivity index (χ1v) is 13.5. The van der Waals surface area contributed by atoms with Gasteiger partial charge in [-0.1, -0.05) is 55.0 Å². The van der Waals surface area contributed by atoms with E-state index in [1.54, 1.807) is 0 Å². The number of hydrogen-bond donors (Lipinski definition) is 0. The van der Waals surface area contributed by atoms with E-state index in [0.29, 0.717) is 25.2 Å². The third kappa shape index (κ3) is 4.48. The van der Waals surface area contributed by atoms with Crippen LogP contribution in [0.1, 0.15) is 36.0 Å². The summed E-state index contributed by atoms with van der Waals surface area (Å²) < 4.78 is 5.43. The summed E-state index contributed by atoms with van der Waals surface area (Å²) in [5.74, 6) is 0.579. The lowest BCUT2D eigenvalue weighted by atomic mass is 9.83. The van der Waals surface area contributed by atoms with E-state index in [0.717, 1.165) is 92.1 Å². The Labute approximate surface area is 212 Å². The van der Waals surface area contributed by atoms with Crippen molar-refractivity contribution < 1.29 is 14.3 Å². The van der Waals surface area contributed by atoms with Crippen LogP contribution in [-0.2, 0) is 9.53 Å². The molecule has 2 aliphatic heterocycles. The molecule has 3 aromatic rings. The first-order chi connectivity index (χ1) is 17.7. The van der Waals surface area contributed by atoms with Gasteiger partial charge < -0.3 is 14.5 Å². The smallest absolute Gasteiger partial charge is 0.255 e. The normalized spacial score (nSPS) is 23.8. The van der Waals surface area contributed by atoms with Crippen LogP contribution in [0.3, 0.4) is 0 Å². The quantitative estimate of drug-likeness (QED) is 0.523. The molecule has 3 aliphatic rings. The number of piperazine rings is 1. The maximum atomic E-state index is 13.9. The Morgan fingerprint density at radius 3 is 2.06 bits per heavy atom. The monoisotopic (exact) mass is 485 g/mol. The Morgan fingerprint density at radius 2 is 1.39 bits per heavy atom. The Hall–Kier alpha value is -2.96. The molecular weight excluding hydrogens is 450 g/mol. The number of carbonyl (C=O) groups is 2. The van der Waals surface area contributed by atoms with Crippen molar-refractivity contribution in [1.82, 2.24) is 14.7 Å². The highest BCUT2D eigenvalue weighted by Gasteiger charge is 2.35. The van der Waals surface area contributed by atoms with Gasteiger partial charge in [0.05, 0.1) is 18.8 Å². The van der Waals surface area contributed by atoms with Crippen LogP contribution < -0.4 is 0 Å².